The Balaban J connectivity index is 2.28. The number of aromatic nitrogens is 4. The van der Waals surface area contributed by atoms with Gasteiger partial charge in [-0.3, -0.25) is 14.3 Å². The van der Waals surface area contributed by atoms with Crippen molar-refractivity contribution in [3.63, 3.8) is 0 Å². The number of ether oxygens (including phenoxy) is 1. The Morgan fingerprint density at radius 1 is 1.53 bits per heavy atom. The van der Waals surface area contributed by atoms with Gasteiger partial charge in [0.05, 0.1) is 5.41 Å². The third kappa shape index (κ3) is 2.56. The molecule has 0 fully saturated rings. The molecule has 0 amide bonds. The Morgan fingerprint density at radius 2 is 2.21 bits per heavy atom. The normalized spacial score (nSPS) is 11.7. The Kier molecular flexibility index (Phi) is 3.01. The molecule has 0 aliphatic heterocycles. The molecule has 2 aromatic heterocycles. The molecule has 0 spiro atoms. The van der Waals surface area contributed by atoms with Crippen LogP contribution in [-0.4, -0.2) is 25.5 Å². The first-order chi connectivity index (χ1) is 8.79. The summed E-state index contributed by atoms with van der Waals surface area (Å²) >= 11 is 0. The minimum atomic E-state index is -0.589. The van der Waals surface area contributed by atoms with Gasteiger partial charge in [-0.2, -0.15) is 4.98 Å². The second-order valence-corrected chi connectivity index (χ2v) is 5.15. The Hall–Kier alpha value is -2.38. The maximum Gasteiger partial charge on any atom is 0.348 e. The first-order valence-corrected chi connectivity index (χ1v) is 5.67. The van der Waals surface area contributed by atoms with Crippen LogP contribution < -0.4 is 11.4 Å². The van der Waals surface area contributed by atoms with Crippen LogP contribution in [0.15, 0.2) is 11.1 Å². The van der Waals surface area contributed by atoms with Gasteiger partial charge < -0.3 is 10.5 Å². The lowest BCUT2D eigenvalue weighted by molar-refractivity contribution is -0.156. The second-order valence-electron chi connectivity index (χ2n) is 5.15. The summed E-state index contributed by atoms with van der Waals surface area (Å²) in [6.07, 6.45) is 1.41. The molecule has 2 rings (SSSR count). The molecule has 19 heavy (non-hydrogen) atoms. The van der Waals surface area contributed by atoms with Crippen LogP contribution in [0, 0.1) is 5.41 Å². The summed E-state index contributed by atoms with van der Waals surface area (Å²) in [6, 6.07) is 0. The fourth-order valence-corrected chi connectivity index (χ4v) is 1.47. The zero-order valence-electron chi connectivity index (χ0n) is 10.9. The van der Waals surface area contributed by atoms with Crippen LogP contribution in [0.5, 0.6) is 0 Å². The van der Waals surface area contributed by atoms with E-state index < -0.39 is 11.1 Å². The van der Waals surface area contributed by atoms with Gasteiger partial charge in [0.2, 0.25) is 0 Å². The van der Waals surface area contributed by atoms with E-state index in [1.807, 2.05) is 0 Å². The van der Waals surface area contributed by atoms with Gasteiger partial charge in [-0.15, -0.1) is 0 Å². The average molecular weight is 265 g/mol. The maximum atomic E-state index is 11.7. The van der Waals surface area contributed by atoms with Crippen LogP contribution in [0.1, 0.15) is 20.8 Å². The number of hydrogen-bond donors (Lipinski definition) is 2. The van der Waals surface area contributed by atoms with Gasteiger partial charge in [0.15, 0.2) is 12.4 Å². The predicted molar refractivity (Wildman–Crippen MR) is 68.1 cm³/mol. The number of nitrogens with one attached hydrogen (secondary N) is 1. The van der Waals surface area contributed by atoms with Crippen molar-refractivity contribution in [3.05, 3.63) is 16.8 Å². The van der Waals surface area contributed by atoms with Gasteiger partial charge in [-0.05, 0) is 20.8 Å². The molecule has 8 nitrogen and oxygen atoms in total. The second kappa shape index (κ2) is 4.38. The SMILES string of the molecule is CC(C)(C)C(=O)OCn1cnc2nc(=O)[nH]c(N)c21. The Bertz CT molecular complexity index is 680. The van der Waals surface area contributed by atoms with Gasteiger partial charge in [0.25, 0.3) is 0 Å². The van der Waals surface area contributed by atoms with Gasteiger partial charge in [0, 0.05) is 0 Å². The maximum absolute atomic E-state index is 11.7. The number of nitrogens with zero attached hydrogens (tertiary/aromatic N) is 3. The molecule has 2 aromatic rings. The van der Waals surface area contributed by atoms with Crippen LogP contribution in [-0.2, 0) is 16.3 Å². The summed E-state index contributed by atoms with van der Waals surface area (Å²) in [5.41, 5.74) is 5.19. The van der Waals surface area contributed by atoms with E-state index in [9.17, 15) is 9.59 Å². The topological polar surface area (TPSA) is 116 Å². The lowest BCUT2D eigenvalue weighted by Crippen LogP contribution is -2.24. The summed E-state index contributed by atoms with van der Waals surface area (Å²) in [7, 11) is 0. The van der Waals surface area contributed by atoms with Crippen molar-refractivity contribution >= 4 is 23.0 Å². The molecule has 0 bridgehead atoms. The number of H-pyrrole nitrogens is 1. The molecular weight excluding hydrogens is 250 g/mol. The minimum absolute atomic E-state index is 0.0372. The lowest BCUT2D eigenvalue weighted by Gasteiger charge is -2.16. The Morgan fingerprint density at radius 3 is 2.84 bits per heavy atom. The third-order valence-electron chi connectivity index (χ3n) is 2.47. The van der Waals surface area contributed by atoms with Crippen LogP contribution in [0.2, 0.25) is 0 Å². The van der Waals surface area contributed by atoms with E-state index in [-0.39, 0.29) is 24.2 Å². The Labute approximate surface area is 108 Å². The third-order valence-corrected chi connectivity index (χ3v) is 2.47. The fraction of sp³-hybridized carbons (Fsp3) is 0.455. The van der Waals surface area contributed by atoms with Crippen molar-refractivity contribution in [2.24, 2.45) is 5.41 Å². The number of hydrogen-bond acceptors (Lipinski definition) is 6. The number of nitrogens with two attached hydrogens (primary N) is 1. The number of fused-ring (bicyclic) bond motifs is 1. The molecule has 0 radical (unpaired) electrons. The molecule has 0 aliphatic carbocycles. The first-order valence-electron chi connectivity index (χ1n) is 5.67. The number of rotatable bonds is 2. The molecule has 102 valence electrons. The summed E-state index contributed by atoms with van der Waals surface area (Å²) < 4.78 is 6.66. The molecule has 0 saturated carbocycles. The number of aromatic amines is 1. The van der Waals surface area contributed by atoms with Crippen LogP contribution in [0.4, 0.5) is 5.82 Å². The molecular formula is C11H15N5O3. The van der Waals surface area contributed by atoms with E-state index in [1.165, 1.54) is 10.9 Å². The lowest BCUT2D eigenvalue weighted by atomic mass is 9.98. The highest BCUT2D eigenvalue weighted by atomic mass is 16.5. The van der Waals surface area contributed by atoms with E-state index in [0.29, 0.717) is 5.52 Å². The molecule has 3 N–H and O–H groups in total. The minimum Gasteiger partial charge on any atom is -0.443 e. The van der Waals surface area contributed by atoms with Crippen molar-refractivity contribution < 1.29 is 9.53 Å². The molecule has 0 saturated heterocycles. The van der Waals surface area contributed by atoms with Crippen LogP contribution in [0.25, 0.3) is 11.2 Å². The van der Waals surface area contributed by atoms with Crippen molar-refractivity contribution in [2.75, 3.05) is 5.73 Å². The summed E-state index contributed by atoms with van der Waals surface area (Å²) in [4.78, 5) is 32.8. The number of carbonyl (C=O) groups is 1. The molecule has 0 aromatic carbocycles. The molecule has 2 heterocycles. The largest absolute Gasteiger partial charge is 0.443 e. The van der Waals surface area contributed by atoms with Gasteiger partial charge >= 0.3 is 11.7 Å². The van der Waals surface area contributed by atoms with E-state index in [2.05, 4.69) is 15.0 Å². The van der Waals surface area contributed by atoms with E-state index in [0.717, 1.165) is 0 Å². The number of imidazole rings is 1. The fourth-order valence-electron chi connectivity index (χ4n) is 1.47. The van der Waals surface area contributed by atoms with E-state index in [1.54, 1.807) is 20.8 Å². The average Bonchev–Trinajstić information content (AvgIpc) is 2.67. The van der Waals surface area contributed by atoms with Gasteiger partial charge in [-0.25, -0.2) is 9.78 Å². The summed E-state index contributed by atoms with van der Waals surface area (Å²) in [6.45, 7) is 5.24. The van der Waals surface area contributed by atoms with Crippen LogP contribution >= 0.6 is 0 Å². The van der Waals surface area contributed by atoms with Crippen molar-refractivity contribution in [2.45, 2.75) is 27.5 Å². The highest BCUT2D eigenvalue weighted by Gasteiger charge is 2.23. The summed E-state index contributed by atoms with van der Waals surface area (Å²) in [5.74, 6) is -0.204. The molecule has 0 unspecified atom stereocenters. The number of anilines is 1. The number of nitrogen functional groups attached to an aromatic ring is 1. The standard InChI is InChI=1S/C11H15N5O3/c1-11(2,3)9(17)19-5-16-4-13-8-6(16)7(12)14-10(18)15-8/h4H,5H2,1-3H3,(H3,12,14,15,18). The summed E-state index contributed by atoms with van der Waals surface area (Å²) in [5, 5.41) is 0. The zero-order chi connectivity index (χ0) is 14.2. The number of carbonyl (C=O) groups excluding carboxylic acids is 1. The van der Waals surface area contributed by atoms with Crippen molar-refractivity contribution in [1.29, 1.82) is 0 Å². The highest BCUT2D eigenvalue weighted by Crippen LogP contribution is 2.17. The predicted octanol–water partition coefficient (Wildman–Crippen LogP) is 0.249. The highest BCUT2D eigenvalue weighted by molar-refractivity contribution is 5.81. The monoisotopic (exact) mass is 265 g/mol. The number of esters is 1. The quantitative estimate of drug-likeness (QED) is 0.752. The van der Waals surface area contributed by atoms with Crippen molar-refractivity contribution in [3.8, 4) is 0 Å². The van der Waals surface area contributed by atoms with E-state index >= 15 is 0 Å². The van der Waals surface area contributed by atoms with Crippen LogP contribution in [0.3, 0.4) is 0 Å². The smallest absolute Gasteiger partial charge is 0.348 e. The zero-order valence-corrected chi connectivity index (χ0v) is 10.9. The van der Waals surface area contributed by atoms with Crippen molar-refractivity contribution in [1.82, 2.24) is 19.5 Å². The van der Waals surface area contributed by atoms with E-state index in [4.69, 9.17) is 10.5 Å². The molecule has 0 aliphatic rings. The van der Waals surface area contributed by atoms with Gasteiger partial charge in [-0.1, -0.05) is 0 Å². The molecule has 0 atom stereocenters. The first kappa shape index (κ1) is 13.1. The molecule has 8 heteroatoms. The van der Waals surface area contributed by atoms with Gasteiger partial charge in [0.1, 0.15) is 17.7 Å².